The van der Waals surface area contributed by atoms with Gasteiger partial charge in [0.05, 0.1) is 6.10 Å². The van der Waals surface area contributed by atoms with Crippen LogP contribution in [0.25, 0.3) is 0 Å². The van der Waals surface area contributed by atoms with Crippen molar-refractivity contribution >= 4 is 5.97 Å². The van der Waals surface area contributed by atoms with Gasteiger partial charge in [0.1, 0.15) is 17.9 Å². The first kappa shape index (κ1) is 15.5. The van der Waals surface area contributed by atoms with Crippen molar-refractivity contribution < 1.29 is 19.7 Å². The summed E-state index contributed by atoms with van der Waals surface area (Å²) in [6, 6.07) is 6.54. The predicted octanol–water partition coefficient (Wildman–Crippen LogP) is 1.51. The van der Waals surface area contributed by atoms with Gasteiger partial charge in [-0.15, -0.1) is 0 Å². The van der Waals surface area contributed by atoms with Crippen molar-refractivity contribution in [3.63, 3.8) is 0 Å². The molecule has 0 aliphatic heterocycles. The zero-order valence-corrected chi connectivity index (χ0v) is 11.1. The third kappa shape index (κ3) is 5.72. The molecule has 3 N–H and O–H groups in total. The Morgan fingerprint density at radius 2 is 2.16 bits per heavy atom. The van der Waals surface area contributed by atoms with Crippen LogP contribution < -0.4 is 10.1 Å². The molecule has 1 aromatic rings. The fourth-order valence-corrected chi connectivity index (χ4v) is 1.71. The minimum atomic E-state index is -0.998. The molecule has 5 heteroatoms. The normalized spacial score (nSPS) is 12.1. The molecule has 0 radical (unpaired) electrons. The summed E-state index contributed by atoms with van der Waals surface area (Å²) in [5, 5.41) is 21.5. The number of aliphatic hydroxyl groups is 1. The molecule has 0 aliphatic rings. The SMILES string of the molecule is CCCC(O)CNCCOc1ccccc1C(=O)O. The highest BCUT2D eigenvalue weighted by Crippen LogP contribution is 2.17. The molecule has 0 aromatic heterocycles. The number of carboxylic acid groups (broad SMARTS) is 1. The Hall–Kier alpha value is -1.59. The third-order valence-electron chi connectivity index (χ3n) is 2.66. The zero-order valence-electron chi connectivity index (χ0n) is 11.1. The first-order chi connectivity index (χ1) is 9.15. The van der Waals surface area contributed by atoms with E-state index in [1.54, 1.807) is 18.2 Å². The summed E-state index contributed by atoms with van der Waals surface area (Å²) in [5.74, 6) is -0.632. The first-order valence-corrected chi connectivity index (χ1v) is 6.49. The first-order valence-electron chi connectivity index (χ1n) is 6.49. The standard InChI is InChI=1S/C14H21NO4/c1-2-5-11(16)10-15-8-9-19-13-7-4-3-6-12(13)14(17)18/h3-4,6-7,11,15-16H,2,5,8-10H2,1H3,(H,17,18). The van der Waals surface area contributed by atoms with Crippen molar-refractivity contribution in [1.82, 2.24) is 5.32 Å². The van der Waals surface area contributed by atoms with Crippen LogP contribution in [0.2, 0.25) is 0 Å². The van der Waals surface area contributed by atoms with E-state index in [1.165, 1.54) is 6.07 Å². The van der Waals surface area contributed by atoms with Gasteiger partial charge in [-0.3, -0.25) is 0 Å². The van der Waals surface area contributed by atoms with E-state index >= 15 is 0 Å². The Labute approximate surface area is 113 Å². The lowest BCUT2D eigenvalue weighted by Crippen LogP contribution is -2.30. The second-order valence-corrected chi connectivity index (χ2v) is 4.30. The maximum absolute atomic E-state index is 10.9. The van der Waals surface area contributed by atoms with Crippen LogP contribution in [0.4, 0.5) is 0 Å². The number of hydrogen-bond donors (Lipinski definition) is 3. The van der Waals surface area contributed by atoms with Gasteiger partial charge in [0, 0.05) is 13.1 Å². The van der Waals surface area contributed by atoms with E-state index in [-0.39, 0.29) is 11.7 Å². The summed E-state index contributed by atoms with van der Waals surface area (Å²) in [7, 11) is 0. The van der Waals surface area contributed by atoms with E-state index < -0.39 is 5.97 Å². The van der Waals surface area contributed by atoms with Crippen LogP contribution in [0.1, 0.15) is 30.1 Å². The topological polar surface area (TPSA) is 78.8 Å². The monoisotopic (exact) mass is 267 g/mol. The van der Waals surface area contributed by atoms with Crippen molar-refractivity contribution in [1.29, 1.82) is 0 Å². The lowest BCUT2D eigenvalue weighted by molar-refractivity contribution is 0.0692. The molecule has 0 saturated carbocycles. The van der Waals surface area contributed by atoms with E-state index in [0.717, 1.165) is 12.8 Å². The van der Waals surface area contributed by atoms with Crippen LogP contribution in [0.15, 0.2) is 24.3 Å². The van der Waals surface area contributed by atoms with Gasteiger partial charge in [-0.1, -0.05) is 25.5 Å². The van der Waals surface area contributed by atoms with Gasteiger partial charge in [-0.2, -0.15) is 0 Å². The number of para-hydroxylation sites is 1. The lowest BCUT2D eigenvalue weighted by Gasteiger charge is -2.12. The molecule has 1 unspecified atom stereocenters. The summed E-state index contributed by atoms with van der Waals surface area (Å²) < 4.78 is 5.42. The molecule has 0 bridgehead atoms. The van der Waals surface area contributed by atoms with E-state index in [1.807, 2.05) is 6.92 Å². The minimum absolute atomic E-state index is 0.161. The second kappa shape index (κ2) is 8.50. The van der Waals surface area contributed by atoms with Crippen LogP contribution in [0.3, 0.4) is 0 Å². The number of carbonyl (C=O) groups is 1. The smallest absolute Gasteiger partial charge is 0.339 e. The van der Waals surface area contributed by atoms with Crippen molar-refractivity contribution in [2.75, 3.05) is 19.7 Å². The quantitative estimate of drug-likeness (QED) is 0.591. The number of aliphatic hydroxyl groups excluding tert-OH is 1. The zero-order chi connectivity index (χ0) is 14.1. The summed E-state index contributed by atoms with van der Waals surface area (Å²) in [6.07, 6.45) is 1.39. The molecule has 0 aliphatic carbocycles. The number of nitrogens with one attached hydrogen (secondary N) is 1. The Balaban J connectivity index is 2.28. The summed E-state index contributed by atoms with van der Waals surface area (Å²) >= 11 is 0. The van der Waals surface area contributed by atoms with Crippen LogP contribution in [0.5, 0.6) is 5.75 Å². The number of aromatic carboxylic acids is 1. The molecule has 0 fully saturated rings. The van der Waals surface area contributed by atoms with Crippen molar-refractivity contribution in [3.05, 3.63) is 29.8 Å². The summed E-state index contributed by atoms with van der Waals surface area (Å²) in [5.41, 5.74) is 0.161. The lowest BCUT2D eigenvalue weighted by atomic mass is 10.2. The van der Waals surface area contributed by atoms with Crippen LogP contribution in [-0.4, -0.2) is 42.0 Å². The molecule has 106 valence electrons. The second-order valence-electron chi connectivity index (χ2n) is 4.30. The minimum Gasteiger partial charge on any atom is -0.491 e. The van der Waals surface area contributed by atoms with Gasteiger partial charge in [0.2, 0.25) is 0 Å². The highest BCUT2D eigenvalue weighted by Gasteiger charge is 2.09. The largest absolute Gasteiger partial charge is 0.491 e. The Kier molecular flexibility index (Phi) is 6.92. The average molecular weight is 267 g/mol. The molecule has 0 heterocycles. The van der Waals surface area contributed by atoms with Crippen molar-refractivity contribution in [3.8, 4) is 5.75 Å². The van der Waals surface area contributed by atoms with Crippen molar-refractivity contribution in [2.45, 2.75) is 25.9 Å². The van der Waals surface area contributed by atoms with Gasteiger partial charge in [-0.25, -0.2) is 4.79 Å². The van der Waals surface area contributed by atoms with Crippen LogP contribution in [-0.2, 0) is 0 Å². The molecule has 0 spiro atoms. The van der Waals surface area contributed by atoms with Crippen LogP contribution >= 0.6 is 0 Å². The van der Waals surface area contributed by atoms with E-state index in [9.17, 15) is 9.90 Å². The van der Waals surface area contributed by atoms with Gasteiger partial charge in [0.15, 0.2) is 0 Å². The summed E-state index contributed by atoms with van der Waals surface area (Å²) in [4.78, 5) is 10.9. The van der Waals surface area contributed by atoms with Gasteiger partial charge >= 0.3 is 5.97 Å². The number of rotatable bonds is 9. The number of benzene rings is 1. The predicted molar refractivity (Wildman–Crippen MR) is 72.7 cm³/mol. The van der Waals surface area contributed by atoms with Gasteiger partial charge in [-0.05, 0) is 18.6 Å². The van der Waals surface area contributed by atoms with Gasteiger partial charge in [0.25, 0.3) is 0 Å². The molecule has 1 atom stereocenters. The van der Waals surface area contributed by atoms with Crippen molar-refractivity contribution in [2.24, 2.45) is 0 Å². The molecule has 0 amide bonds. The fourth-order valence-electron chi connectivity index (χ4n) is 1.71. The number of carboxylic acids is 1. The molecular weight excluding hydrogens is 246 g/mol. The molecule has 0 saturated heterocycles. The molecule has 19 heavy (non-hydrogen) atoms. The number of ether oxygens (including phenoxy) is 1. The highest BCUT2D eigenvalue weighted by atomic mass is 16.5. The molecule has 1 rings (SSSR count). The van der Waals surface area contributed by atoms with E-state index in [2.05, 4.69) is 5.32 Å². The van der Waals surface area contributed by atoms with Crippen LogP contribution in [0, 0.1) is 0 Å². The summed E-state index contributed by atoms with van der Waals surface area (Å²) in [6.45, 7) is 3.48. The molecule has 5 nitrogen and oxygen atoms in total. The maximum Gasteiger partial charge on any atom is 0.339 e. The van der Waals surface area contributed by atoms with Gasteiger partial charge < -0.3 is 20.3 Å². The molecular formula is C14H21NO4. The Morgan fingerprint density at radius 3 is 2.84 bits per heavy atom. The van der Waals surface area contributed by atoms with E-state index in [0.29, 0.717) is 25.4 Å². The maximum atomic E-state index is 10.9. The fraction of sp³-hybridized carbons (Fsp3) is 0.500. The third-order valence-corrected chi connectivity index (χ3v) is 2.66. The average Bonchev–Trinajstić information content (AvgIpc) is 2.39. The Bertz CT molecular complexity index is 395. The van der Waals surface area contributed by atoms with E-state index in [4.69, 9.17) is 9.84 Å². The highest BCUT2D eigenvalue weighted by molar-refractivity contribution is 5.90. The Morgan fingerprint density at radius 1 is 1.42 bits per heavy atom. The molecule has 1 aromatic carbocycles. The number of hydrogen-bond acceptors (Lipinski definition) is 4.